The first kappa shape index (κ1) is 14.6. The topological polar surface area (TPSA) is 47.0 Å². The number of halogens is 3. The van der Waals surface area contributed by atoms with E-state index < -0.39 is 11.7 Å². The van der Waals surface area contributed by atoms with E-state index in [4.69, 9.17) is 4.74 Å². The molecule has 108 valence electrons. The minimum atomic E-state index is -4.42. The van der Waals surface area contributed by atoms with Crippen molar-refractivity contribution in [2.75, 3.05) is 18.5 Å². The van der Waals surface area contributed by atoms with Crippen LogP contribution in [0.25, 0.3) is 0 Å². The molecule has 20 heavy (non-hydrogen) atoms. The summed E-state index contributed by atoms with van der Waals surface area (Å²) in [5.74, 6) is 0.482. The van der Waals surface area contributed by atoms with Crippen molar-refractivity contribution in [1.29, 1.82) is 0 Å². The largest absolute Gasteiger partial charge is 0.491 e. The fourth-order valence-electron chi connectivity index (χ4n) is 1.51. The summed E-state index contributed by atoms with van der Waals surface area (Å²) in [7, 11) is 0. The zero-order chi connectivity index (χ0) is 14.6. The van der Waals surface area contributed by atoms with Gasteiger partial charge in [0.1, 0.15) is 18.2 Å². The molecule has 0 atom stereocenters. The summed E-state index contributed by atoms with van der Waals surface area (Å²) in [6, 6.07) is 5.14. The lowest BCUT2D eigenvalue weighted by molar-refractivity contribution is -0.138. The van der Waals surface area contributed by atoms with Crippen LogP contribution in [0.15, 0.2) is 24.3 Å². The molecule has 0 fully saturated rings. The van der Waals surface area contributed by atoms with Crippen molar-refractivity contribution in [3.05, 3.63) is 35.7 Å². The molecule has 0 radical (unpaired) electrons. The van der Waals surface area contributed by atoms with Gasteiger partial charge in [-0.05, 0) is 19.1 Å². The Bertz CT molecular complexity index is 571. The van der Waals surface area contributed by atoms with Gasteiger partial charge in [-0.2, -0.15) is 17.5 Å². The Morgan fingerprint density at radius 3 is 2.70 bits per heavy atom. The number of rotatable bonds is 5. The maximum atomic E-state index is 12.7. The van der Waals surface area contributed by atoms with Gasteiger partial charge in [0.15, 0.2) is 0 Å². The van der Waals surface area contributed by atoms with Crippen molar-refractivity contribution in [1.82, 2.24) is 9.36 Å². The maximum absolute atomic E-state index is 12.7. The van der Waals surface area contributed by atoms with Gasteiger partial charge < -0.3 is 10.1 Å². The number of hydrogen-bond acceptors (Lipinski definition) is 5. The molecule has 2 rings (SSSR count). The third-order valence-corrected chi connectivity index (χ3v) is 3.12. The van der Waals surface area contributed by atoms with Crippen molar-refractivity contribution in [3.8, 4) is 5.75 Å². The number of benzene rings is 1. The first-order valence-corrected chi connectivity index (χ1v) is 6.57. The molecule has 0 amide bonds. The first-order valence-electron chi connectivity index (χ1n) is 5.80. The van der Waals surface area contributed by atoms with Gasteiger partial charge in [-0.15, -0.1) is 0 Å². The Hall–Kier alpha value is -1.83. The summed E-state index contributed by atoms with van der Waals surface area (Å²) in [5, 5.41) is 3.55. The Morgan fingerprint density at radius 2 is 2.05 bits per heavy atom. The summed E-state index contributed by atoms with van der Waals surface area (Å²) in [5.41, 5.74) is -0.772. The van der Waals surface area contributed by atoms with Crippen LogP contribution < -0.4 is 10.1 Å². The summed E-state index contributed by atoms with van der Waals surface area (Å²) in [6.07, 6.45) is -4.42. The average molecular weight is 303 g/mol. The lowest BCUT2D eigenvalue weighted by Gasteiger charge is -2.13. The van der Waals surface area contributed by atoms with Gasteiger partial charge in [0.05, 0.1) is 12.1 Å². The predicted molar refractivity (Wildman–Crippen MR) is 70.1 cm³/mol. The summed E-state index contributed by atoms with van der Waals surface area (Å²) in [4.78, 5) is 4.07. The Labute approximate surface area is 117 Å². The van der Waals surface area contributed by atoms with E-state index >= 15 is 0 Å². The van der Waals surface area contributed by atoms with Gasteiger partial charge in [0.2, 0.25) is 5.13 Å². The molecule has 4 nitrogen and oxygen atoms in total. The molecule has 1 N–H and O–H groups in total. The van der Waals surface area contributed by atoms with Crippen molar-refractivity contribution >= 4 is 16.7 Å². The number of nitrogens with one attached hydrogen (secondary N) is 1. The smallest absolute Gasteiger partial charge is 0.419 e. The standard InChI is InChI=1S/C12H12F3N3OS/c1-8-17-11(20-18-8)16-6-7-19-10-5-3-2-4-9(10)12(13,14)15/h2-5H,6-7H2,1H3,(H,16,17,18). The zero-order valence-electron chi connectivity index (χ0n) is 10.6. The highest BCUT2D eigenvalue weighted by Gasteiger charge is 2.33. The van der Waals surface area contributed by atoms with Crippen molar-refractivity contribution in [3.63, 3.8) is 0 Å². The van der Waals surface area contributed by atoms with E-state index in [2.05, 4.69) is 14.7 Å². The van der Waals surface area contributed by atoms with Crippen LogP contribution in [-0.2, 0) is 6.18 Å². The molecule has 0 spiro atoms. The van der Waals surface area contributed by atoms with Gasteiger partial charge in [0.25, 0.3) is 0 Å². The number of nitrogens with zero attached hydrogens (tertiary/aromatic N) is 2. The van der Waals surface area contributed by atoms with E-state index in [1.807, 2.05) is 0 Å². The molecule has 1 heterocycles. The normalized spacial score (nSPS) is 11.4. The van der Waals surface area contributed by atoms with Gasteiger partial charge in [-0.1, -0.05) is 12.1 Å². The molecule has 0 saturated heterocycles. The van der Waals surface area contributed by atoms with E-state index in [-0.39, 0.29) is 12.4 Å². The minimum Gasteiger partial charge on any atom is -0.491 e. The molecular weight excluding hydrogens is 291 g/mol. The zero-order valence-corrected chi connectivity index (χ0v) is 11.4. The van der Waals surface area contributed by atoms with E-state index in [0.29, 0.717) is 17.5 Å². The van der Waals surface area contributed by atoms with Crippen molar-refractivity contribution < 1.29 is 17.9 Å². The van der Waals surface area contributed by atoms with Gasteiger partial charge >= 0.3 is 6.18 Å². The van der Waals surface area contributed by atoms with Crippen LogP contribution in [0, 0.1) is 6.92 Å². The Morgan fingerprint density at radius 1 is 1.30 bits per heavy atom. The molecule has 1 aromatic heterocycles. The molecule has 0 aliphatic rings. The quantitative estimate of drug-likeness (QED) is 0.860. The second-order valence-electron chi connectivity index (χ2n) is 3.92. The number of para-hydroxylation sites is 1. The molecule has 0 aliphatic carbocycles. The minimum absolute atomic E-state index is 0.103. The Kier molecular flexibility index (Phi) is 4.43. The fraction of sp³-hybridized carbons (Fsp3) is 0.333. The third kappa shape index (κ3) is 3.83. The molecule has 0 saturated carbocycles. The van der Waals surface area contributed by atoms with Crippen LogP contribution in [0.2, 0.25) is 0 Å². The van der Waals surface area contributed by atoms with E-state index in [1.54, 1.807) is 6.92 Å². The number of anilines is 1. The van der Waals surface area contributed by atoms with E-state index in [1.165, 1.54) is 29.7 Å². The number of ether oxygens (including phenoxy) is 1. The number of hydrogen-bond donors (Lipinski definition) is 1. The third-order valence-electron chi connectivity index (χ3n) is 2.36. The average Bonchev–Trinajstić information content (AvgIpc) is 2.80. The molecule has 8 heteroatoms. The highest BCUT2D eigenvalue weighted by Crippen LogP contribution is 2.35. The van der Waals surface area contributed by atoms with E-state index in [9.17, 15) is 13.2 Å². The van der Waals surface area contributed by atoms with Gasteiger partial charge in [-0.3, -0.25) is 0 Å². The highest BCUT2D eigenvalue weighted by molar-refractivity contribution is 7.09. The predicted octanol–water partition coefficient (Wildman–Crippen LogP) is 3.36. The van der Waals surface area contributed by atoms with E-state index in [0.717, 1.165) is 6.07 Å². The molecular formula is C12H12F3N3OS. The molecule has 1 aromatic carbocycles. The number of alkyl halides is 3. The molecule has 0 unspecified atom stereocenters. The van der Waals surface area contributed by atoms with Crippen LogP contribution in [0.1, 0.15) is 11.4 Å². The number of aryl methyl sites for hydroxylation is 1. The molecule has 0 aliphatic heterocycles. The fourth-order valence-corrected chi connectivity index (χ4v) is 2.11. The van der Waals surface area contributed by atoms with Crippen molar-refractivity contribution in [2.45, 2.75) is 13.1 Å². The maximum Gasteiger partial charge on any atom is 0.419 e. The Balaban J connectivity index is 1.88. The molecule has 0 bridgehead atoms. The summed E-state index contributed by atoms with van der Waals surface area (Å²) < 4.78 is 47.3. The van der Waals surface area contributed by atoms with Crippen LogP contribution in [-0.4, -0.2) is 22.5 Å². The van der Waals surface area contributed by atoms with Crippen molar-refractivity contribution in [2.24, 2.45) is 0 Å². The van der Waals surface area contributed by atoms with Crippen LogP contribution in [0.5, 0.6) is 5.75 Å². The monoisotopic (exact) mass is 303 g/mol. The van der Waals surface area contributed by atoms with Crippen LogP contribution in [0.4, 0.5) is 18.3 Å². The van der Waals surface area contributed by atoms with Crippen LogP contribution in [0.3, 0.4) is 0 Å². The molecule has 2 aromatic rings. The lowest BCUT2D eigenvalue weighted by Crippen LogP contribution is -2.14. The second kappa shape index (κ2) is 6.08. The SMILES string of the molecule is Cc1nsc(NCCOc2ccccc2C(F)(F)F)n1. The second-order valence-corrected chi connectivity index (χ2v) is 4.67. The van der Waals surface area contributed by atoms with Gasteiger partial charge in [0, 0.05) is 11.5 Å². The highest BCUT2D eigenvalue weighted by atomic mass is 32.1. The van der Waals surface area contributed by atoms with Crippen LogP contribution >= 0.6 is 11.5 Å². The first-order chi connectivity index (χ1) is 9.47. The summed E-state index contributed by atoms with van der Waals surface area (Å²) in [6.45, 7) is 2.21. The summed E-state index contributed by atoms with van der Waals surface area (Å²) >= 11 is 1.20. The lowest BCUT2D eigenvalue weighted by atomic mass is 10.2. The van der Waals surface area contributed by atoms with Gasteiger partial charge in [-0.25, -0.2) is 4.98 Å². The number of aromatic nitrogens is 2.